The van der Waals surface area contributed by atoms with Crippen LogP contribution in [0, 0.1) is 5.41 Å². The van der Waals surface area contributed by atoms with Crippen molar-refractivity contribution in [3.05, 3.63) is 12.2 Å². The molecule has 0 heterocycles. The molecule has 0 aliphatic heterocycles. The van der Waals surface area contributed by atoms with Crippen LogP contribution in [0.25, 0.3) is 0 Å². The lowest BCUT2D eigenvalue weighted by Gasteiger charge is -2.45. The Hall–Kier alpha value is -0.413. The summed E-state index contributed by atoms with van der Waals surface area (Å²) in [5.41, 5.74) is 0.0865. The van der Waals surface area contributed by atoms with Gasteiger partial charge in [0.05, 0.1) is 6.10 Å². The quantitative estimate of drug-likeness (QED) is 0.479. The number of carbonyl (C=O) groups is 1. The van der Waals surface area contributed by atoms with Crippen molar-refractivity contribution in [1.29, 1.82) is 0 Å². The van der Waals surface area contributed by atoms with Gasteiger partial charge in [0, 0.05) is 11.8 Å². The Kier molecular flexibility index (Phi) is 6.02. The molecule has 1 aliphatic carbocycles. The molecule has 0 fully saturated rings. The van der Waals surface area contributed by atoms with Gasteiger partial charge in [-0.15, -0.1) is 0 Å². The maximum atomic E-state index is 11.4. The van der Waals surface area contributed by atoms with E-state index in [0.29, 0.717) is 6.42 Å². The Labute approximate surface area is 132 Å². The minimum Gasteiger partial charge on any atom is -0.413 e. The smallest absolute Gasteiger partial charge is 0.192 e. The predicted octanol–water partition coefficient (Wildman–Crippen LogP) is 5.49. The van der Waals surface area contributed by atoms with Gasteiger partial charge in [-0.25, -0.2) is 0 Å². The number of allylic oxidation sites excluding steroid dienone is 1. The van der Waals surface area contributed by atoms with Crippen LogP contribution < -0.4 is 0 Å². The van der Waals surface area contributed by atoms with Crippen molar-refractivity contribution < 1.29 is 9.22 Å². The normalized spacial score (nSPS) is 24.9. The highest BCUT2D eigenvalue weighted by atomic mass is 28.4. The molecule has 21 heavy (non-hydrogen) atoms. The zero-order valence-corrected chi connectivity index (χ0v) is 16.1. The summed E-state index contributed by atoms with van der Waals surface area (Å²) in [4.78, 5) is 11.4. The van der Waals surface area contributed by atoms with Crippen molar-refractivity contribution in [3.8, 4) is 0 Å². The van der Waals surface area contributed by atoms with E-state index in [1.54, 1.807) is 6.92 Å². The fourth-order valence-corrected chi connectivity index (χ4v) is 4.15. The first-order valence-electron chi connectivity index (χ1n) is 8.33. The molecule has 1 rings (SSSR count). The lowest BCUT2D eigenvalue weighted by Crippen LogP contribution is -2.48. The molecule has 1 aliphatic rings. The summed E-state index contributed by atoms with van der Waals surface area (Å²) in [6.45, 7) is 15.4. The summed E-state index contributed by atoms with van der Waals surface area (Å²) >= 11 is 0. The van der Waals surface area contributed by atoms with Crippen LogP contribution >= 0.6 is 0 Å². The van der Waals surface area contributed by atoms with Gasteiger partial charge in [0.1, 0.15) is 5.78 Å². The molecule has 0 spiro atoms. The van der Waals surface area contributed by atoms with Crippen LogP contribution in [-0.4, -0.2) is 20.2 Å². The van der Waals surface area contributed by atoms with Gasteiger partial charge in [0.2, 0.25) is 0 Å². The van der Waals surface area contributed by atoms with Crippen LogP contribution in [-0.2, 0) is 9.22 Å². The number of rotatable bonds is 6. The lowest BCUT2D eigenvalue weighted by atomic mass is 9.75. The zero-order chi connectivity index (χ0) is 16.3. The van der Waals surface area contributed by atoms with Crippen molar-refractivity contribution in [2.24, 2.45) is 5.41 Å². The predicted molar refractivity (Wildman–Crippen MR) is 93.1 cm³/mol. The van der Waals surface area contributed by atoms with Gasteiger partial charge in [0.25, 0.3) is 0 Å². The summed E-state index contributed by atoms with van der Waals surface area (Å²) < 4.78 is 6.73. The van der Waals surface area contributed by atoms with Gasteiger partial charge >= 0.3 is 0 Å². The molecule has 2 atom stereocenters. The Balaban J connectivity index is 2.94. The van der Waals surface area contributed by atoms with Gasteiger partial charge in [-0.05, 0) is 50.7 Å². The topological polar surface area (TPSA) is 26.3 Å². The van der Waals surface area contributed by atoms with Crippen molar-refractivity contribution in [3.63, 3.8) is 0 Å². The van der Waals surface area contributed by atoms with E-state index in [1.165, 1.54) is 19.3 Å². The Morgan fingerprint density at radius 3 is 2.43 bits per heavy atom. The second-order valence-electron chi connectivity index (χ2n) is 8.41. The molecule has 0 unspecified atom stereocenters. The fourth-order valence-electron chi connectivity index (χ4n) is 2.70. The molecule has 0 N–H and O–H groups in total. The highest BCUT2D eigenvalue weighted by Crippen LogP contribution is 2.43. The number of carbonyl (C=O) groups excluding carboxylic acids is 1. The van der Waals surface area contributed by atoms with E-state index >= 15 is 0 Å². The second kappa shape index (κ2) is 6.78. The average Bonchev–Trinajstić information content (AvgIpc) is 2.33. The van der Waals surface area contributed by atoms with Gasteiger partial charge in [-0.3, -0.25) is 0 Å². The van der Waals surface area contributed by atoms with E-state index in [2.05, 4.69) is 52.9 Å². The maximum Gasteiger partial charge on any atom is 0.192 e. The minimum atomic E-state index is -1.82. The van der Waals surface area contributed by atoms with Crippen molar-refractivity contribution >= 4 is 14.1 Å². The molecule has 0 saturated carbocycles. The van der Waals surface area contributed by atoms with Gasteiger partial charge in [-0.1, -0.05) is 39.8 Å². The second-order valence-corrected chi connectivity index (χ2v) is 13.2. The molecule has 0 bridgehead atoms. The number of ketones is 1. The Morgan fingerprint density at radius 2 is 2.00 bits per heavy atom. The highest BCUT2D eigenvalue weighted by molar-refractivity contribution is 6.74. The summed E-state index contributed by atoms with van der Waals surface area (Å²) in [5.74, 6) is 0.266. The maximum absolute atomic E-state index is 11.4. The lowest BCUT2D eigenvalue weighted by molar-refractivity contribution is -0.117. The highest BCUT2D eigenvalue weighted by Gasteiger charge is 2.43. The summed E-state index contributed by atoms with van der Waals surface area (Å²) in [5, 5.41) is 0.205. The summed E-state index contributed by atoms with van der Waals surface area (Å²) in [6, 6.07) is 0. The van der Waals surface area contributed by atoms with Crippen LogP contribution in [0.3, 0.4) is 0 Å². The van der Waals surface area contributed by atoms with Crippen molar-refractivity contribution in [2.75, 3.05) is 0 Å². The molecule has 0 radical (unpaired) electrons. The molecular weight excluding hydrogens is 276 g/mol. The molecule has 0 aromatic heterocycles. The molecule has 0 aromatic carbocycles. The van der Waals surface area contributed by atoms with Crippen LogP contribution in [0.1, 0.15) is 66.7 Å². The van der Waals surface area contributed by atoms with Crippen LogP contribution in [0.5, 0.6) is 0 Å². The third-order valence-electron chi connectivity index (χ3n) is 5.32. The SMILES string of the molecule is CC(=O)CC[C@@H](O[Si](C)(C)C(C)(C)C)[C@]1(C)C=CCCC1. The van der Waals surface area contributed by atoms with Gasteiger partial charge in [0.15, 0.2) is 8.32 Å². The van der Waals surface area contributed by atoms with E-state index < -0.39 is 8.32 Å². The minimum absolute atomic E-state index is 0.0865. The van der Waals surface area contributed by atoms with E-state index in [4.69, 9.17) is 4.43 Å². The first-order chi connectivity index (χ1) is 9.48. The molecular formula is C18H34O2Si. The number of hydrogen-bond acceptors (Lipinski definition) is 2. The molecule has 0 saturated heterocycles. The van der Waals surface area contributed by atoms with Crippen molar-refractivity contribution in [1.82, 2.24) is 0 Å². The van der Waals surface area contributed by atoms with Gasteiger partial charge < -0.3 is 9.22 Å². The number of hydrogen-bond donors (Lipinski definition) is 0. The van der Waals surface area contributed by atoms with E-state index in [1.807, 2.05) is 0 Å². The van der Waals surface area contributed by atoms with Gasteiger partial charge in [-0.2, -0.15) is 0 Å². The first-order valence-corrected chi connectivity index (χ1v) is 11.2. The van der Waals surface area contributed by atoms with Crippen LogP contribution in [0.2, 0.25) is 18.1 Å². The monoisotopic (exact) mass is 310 g/mol. The third-order valence-corrected chi connectivity index (χ3v) is 9.81. The van der Waals surface area contributed by atoms with E-state index in [-0.39, 0.29) is 22.3 Å². The van der Waals surface area contributed by atoms with Crippen molar-refractivity contribution in [2.45, 2.75) is 91.0 Å². The van der Waals surface area contributed by atoms with Crippen LogP contribution in [0.4, 0.5) is 0 Å². The van der Waals surface area contributed by atoms with E-state index in [9.17, 15) is 4.79 Å². The Morgan fingerprint density at radius 1 is 1.38 bits per heavy atom. The summed E-state index contributed by atoms with van der Waals surface area (Å²) in [7, 11) is -1.82. The third kappa shape index (κ3) is 5.06. The first kappa shape index (κ1) is 18.6. The largest absolute Gasteiger partial charge is 0.413 e. The average molecular weight is 311 g/mol. The molecule has 3 heteroatoms. The molecule has 0 aromatic rings. The number of Topliss-reactive ketones (excluding diaryl/α,β-unsaturated/α-hetero) is 1. The molecule has 122 valence electrons. The summed E-state index contributed by atoms with van der Waals surface area (Å²) in [6.07, 6.45) is 9.85. The van der Waals surface area contributed by atoms with Crippen LogP contribution in [0.15, 0.2) is 12.2 Å². The van der Waals surface area contributed by atoms with E-state index in [0.717, 1.165) is 6.42 Å². The zero-order valence-electron chi connectivity index (χ0n) is 15.1. The molecule has 0 amide bonds. The Bertz CT molecular complexity index is 393. The molecule has 2 nitrogen and oxygen atoms in total. The fraction of sp³-hybridized carbons (Fsp3) is 0.833. The standard InChI is InChI=1S/C18H34O2Si/c1-15(19)11-12-16(18(5)13-9-8-10-14-18)20-21(6,7)17(2,3)4/h9,13,16H,8,10-12,14H2,1-7H3/t16-,18-/m1/s1.